The van der Waals surface area contributed by atoms with Gasteiger partial charge >= 0.3 is 7.62 Å². The van der Waals surface area contributed by atoms with Crippen molar-refractivity contribution in [1.29, 1.82) is 0 Å². The van der Waals surface area contributed by atoms with Gasteiger partial charge in [0.25, 0.3) is 5.91 Å². The molecule has 0 unspecified atom stereocenters. The maximum atomic E-state index is 13.1. The van der Waals surface area contributed by atoms with E-state index in [2.05, 4.69) is 35.0 Å². The van der Waals surface area contributed by atoms with Gasteiger partial charge in [-0.05, 0) is 24.3 Å². The third kappa shape index (κ3) is 4.43. The molecule has 0 saturated carbocycles. The first-order valence-corrected chi connectivity index (χ1v) is 10.8. The minimum Gasteiger partial charge on any atom is -0.427 e. The lowest BCUT2D eigenvalue weighted by Crippen LogP contribution is -2.48. The summed E-state index contributed by atoms with van der Waals surface area (Å²) in [5, 5.41) is 4.00. The van der Waals surface area contributed by atoms with Crippen molar-refractivity contribution in [3.63, 3.8) is 0 Å². The van der Waals surface area contributed by atoms with E-state index >= 15 is 0 Å². The summed E-state index contributed by atoms with van der Waals surface area (Å²) in [6.07, 6.45) is 6.91. The molecule has 1 aliphatic rings. The molecule has 0 radical (unpaired) electrons. The summed E-state index contributed by atoms with van der Waals surface area (Å²) in [5.41, 5.74) is 3.78. The van der Waals surface area contributed by atoms with Crippen LogP contribution >= 0.6 is 0 Å². The number of rotatable bonds is 6. The van der Waals surface area contributed by atoms with Crippen molar-refractivity contribution >= 4 is 35.8 Å². The van der Waals surface area contributed by atoms with Gasteiger partial charge in [0.15, 0.2) is 5.82 Å². The zero-order chi connectivity index (χ0) is 22.6. The number of benzene rings is 1. The van der Waals surface area contributed by atoms with E-state index in [1.807, 2.05) is 36.5 Å². The lowest BCUT2D eigenvalue weighted by molar-refractivity contribution is 0.102. The highest BCUT2D eigenvalue weighted by atomic mass is 16.4. The molecule has 4 aromatic rings. The van der Waals surface area contributed by atoms with Gasteiger partial charge in [0.05, 0.1) is 17.6 Å². The monoisotopic (exact) mass is 441 g/mol. The van der Waals surface area contributed by atoms with Crippen molar-refractivity contribution < 1.29 is 9.45 Å². The van der Waals surface area contributed by atoms with Crippen LogP contribution < -0.4 is 10.2 Å². The van der Waals surface area contributed by atoms with Gasteiger partial charge in [0.2, 0.25) is 0 Å². The second-order valence-electron chi connectivity index (χ2n) is 7.88. The number of aromatic amines is 1. The smallest absolute Gasteiger partial charge is 0.363 e. The van der Waals surface area contributed by atoms with E-state index in [-0.39, 0.29) is 5.91 Å². The molecular formula is C23H24BN7O2. The molecule has 10 heteroatoms. The number of hydrogen-bond donors (Lipinski definition) is 2. The second-order valence-corrected chi connectivity index (χ2v) is 7.88. The largest absolute Gasteiger partial charge is 0.427 e. The Morgan fingerprint density at radius 3 is 2.85 bits per heavy atom. The fraction of sp³-hybridized carbons (Fsp3) is 0.217. The number of nitrogens with one attached hydrogen (secondary N) is 2. The molecule has 4 heterocycles. The number of aromatic nitrogens is 4. The zero-order valence-corrected chi connectivity index (χ0v) is 18.4. The normalized spacial score (nSPS) is 14.4. The minimum absolute atomic E-state index is 0.298. The fourth-order valence-corrected chi connectivity index (χ4v) is 4.14. The SMILES string of the molecule is COBN1CCN(c2ccncc2NC(=O)c2ccnc(-c3cccc4[nH]ccc34)n2)CC1. The molecule has 166 valence electrons. The fourth-order valence-electron chi connectivity index (χ4n) is 4.14. The summed E-state index contributed by atoms with van der Waals surface area (Å²) in [7, 11) is 2.33. The number of piperazine rings is 1. The quantitative estimate of drug-likeness (QED) is 0.443. The molecule has 1 aromatic carbocycles. The summed E-state index contributed by atoms with van der Waals surface area (Å²) in [4.78, 5) is 34.0. The van der Waals surface area contributed by atoms with Crippen LogP contribution in [-0.4, -0.2) is 71.6 Å². The zero-order valence-electron chi connectivity index (χ0n) is 18.4. The van der Waals surface area contributed by atoms with Crippen LogP contribution in [0.5, 0.6) is 0 Å². The van der Waals surface area contributed by atoms with Crippen LogP contribution in [0, 0.1) is 0 Å². The number of pyridine rings is 1. The second kappa shape index (κ2) is 9.39. The first kappa shape index (κ1) is 21.1. The Morgan fingerprint density at radius 1 is 1.12 bits per heavy atom. The summed E-state index contributed by atoms with van der Waals surface area (Å²) < 4.78 is 5.23. The number of carbonyl (C=O) groups is 1. The van der Waals surface area contributed by atoms with Gasteiger partial charge in [-0.3, -0.25) is 9.78 Å². The van der Waals surface area contributed by atoms with E-state index in [4.69, 9.17) is 4.65 Å². The summed E-state index contributed by atoms with van der Waals surface area (Å²) in [6, 6.07) is 11.4. The van der Waals surface area contributed by atoms with Crippen molar-refractivity contribution in [2.24, 2.45) is 0 Å². The lowest BCUT2D eigenvalue weighted by atomic mass is 10.1. The standard InChI is InChI=1S/C23H24BN7O2/c1-33-24-31-13-11-30(12-14-31)21-7-8-25-15-20(21)29-23(32)19-6-10-27-22(28-19)17-3-2-4-18-16(17)5-9-26-18/h2-10,15,24,26H,11-14H2,1H3,(H,29,32). The molecule has 9 nitrogen and oxygen atoms in total. The maximum Gasteiger partial charge on any atom is 0.363 e. The summed E-state index contributed by atoms with van der Waals surface area (Å²) >= 11 is 0. The van der Waals surface area contributed by atoms with E-state index in [9.17, 15) is 4.79 Å². The number of fused-ring (bicyclic) bond motifs is 1. The average Bonchev–Trinajstić information content (AvgIpc) is 3.34. The Kier molecular flexibility index (Phi) is 6.01. The molecule has 0 bridgehead atoms. The molecule has 1 amide bonds. The first-order valence-electron chi connectivity index (χ1n) is 10.8. The number of amides is 1. The third-order valence-electron chi connectivity index (χ3n) is 5.79. The average molecular weight is 441 g/mol. The van der Waals surface area contributed by atoms with Gasteiger partial charge in [-0.15, -0.1) is 0 Å². The predicted molar refractivity (Wildman–Crippen MR) is 129 cm³/mol. The molecule has 5 rings (SSSR count). The van der Waals surface area contributed by atoms with Crippen LogP contribution in [0.2, 0.25) is 0 Å². The maximum absolute atomic E-state index is 13.1. The molecule has 33 heavy (non-hydrogen) atoms. The van der Waals surface area contributed by atoms with Gasteiger partial charge in [-0.25, -0.2) is 9.97 Å². The third-order valence-corrected chi connectivity index (χ3v) is 5.79. The van der Waals surface area contributed by atoms with Crippen molar-refractivity contribution in [1.82, 2.24) is 24.7 Å². The Balaban J connectivity index is 1.36. The van der Waals surface area contributed by atoms with Crippen LogP contribution in [0.4, 0.5) is 11.4 Å². The number of hydrogen-bond acceptors (Lipinski definition) is 7. The predicted octanol–water partition coefficient (Wildman–Crippen LogP) is 2.31. The van der Waals surface area contributed by atoms with Gasteiger partial charge in [-0.1, -0.05) is 12.1 Å². The molecular weight excluding hydrogens is 417 g/mol. The number of H-pyrrole nitrogens is 1. The highest BCUT2D eigenvalue weighted by Crippen LogP contribution is 2.27. The molecule has 1 saturated heterocycles. The van der Waals surface area contributed by atoms with Crippen LogP contribution in [0.15, 0.2) is 61.2 Å². The summed E-state index contributed by atoms with van der Waals surface area (Å²) in [6.45, 7) is 3.47. The molecule has 0 spiro atoms. The minimum atomic E-state index is -0.299. The summed E-state index contributed by atoms with van der Waals surface area (Å²) in [5.74, 6) is 0.209. The molecule has 3 aromatic heterocycles. The topological polar surface area (TPSA) is 99.3 Å². The van der Waals surface area contributed by atoms with Crippen molar-refractivity contribution in [2.45, 2.75) is 0 Å². The van der Waals surface area contributed by atoms with Crippen molar-refractivity contribution in [3.05, 3.63) is 66.9 Å². The number of carbonyl (C=O) groups excluding carboxylic acids is 1. The molecule has 0 atom stereocenters. The van der Waals surface area contributed by atoms with Gasteiger partial charge in [0, 0.05) is 68.3 Å². The van der Waals surface area contributed by atoms with Crippen LogP contribution in [0.3, 0.4) is 0 Å². The lowest BCUT2D eigenvalue weighted by Gasteiger charge is -2.36. The van der Waals surface area contributed by atoms with E-state index in [0.29, 0.717) is 24.8 Å². The Hall–Kier alpha value is -3.76. The number of nitrogens with zero attached hydrogens (tertiary/aromatic N) is 5. The first-order chi connectivity index (χ1) is 16.2. The molecule has 1 fully saturated rings. The highest BCUT2D eigenvalue weighted by Gasteiger charge is 2.21. The van der Waals surface area contributed by atoms with E-state index in [0.717, 1.165) is 48.3 Å². The Labute approximate surface area is 192 Å². The van der Waals surface area contributed by atoms with Crippen LogP contribution in [-0.2, 0) is 4.65 Å². The van der Waals surface area contributed by atoms with E-state index in [1.54, 1.807) is 31.8 Å². The molecule has 2 N–H and O–H groups in total. The van der Waals surface area contributed by atoms with E-state index in [1.165, 1.54) is 0 Å². The molecule has 1 aliphatic heterocycles. The van der Waals surface area contributed by atoms with Crippen molar-refractivity contribution in [3.8, 4) is 11.4 Å². The van der Waals surface area contributed by atoms with Gasteiger partial charge in [-0.2, -0.15) is 0 Å². The molecule has 0 aliphatic carbocycles. The number of anilines is 2. The van der Waals surface area contributed by atoms with Crippen LogP contribution in [0.25, 0.3) is 22.3 Å². The Bertz CT molecular complexity index is 1270. The van der Waals surface area contributed by atoms with Gasteiger partial charge < -0.3 is 24.7 Å². The van der Waals surface area contributed by atoms with Crippen molar-refractivity contribution in [2.75, 3.05) is 43.5 Å². The highest BCUT2D eigenvalue weighted by molar-refractivity contribution is 6.23. The van der Waals surface area contributed by atoms with Crippen LogP contribution in [0.1, 0.15) is 10.5 Å². The van der Waals surface area contributed by atoms with E-state index < -0.39 is 0 Å². The van der Waals surface area contributed by atoms with Gasteiger partial charge in [0.1, 0.15) is 5.69 Å². The Morgan fingerprint density at radius 2 is 2.00 bits per heavy atom.